The first-order chi connectivity index (χ1) is 9.97. The van der Waals surface area contributed by atoms with Crippen LogP contribution in [0.4, 0.5) is 11.4 Å². The van der Waals surface area contributed by atoms with Crippen LogP contribution in [0.3, 0.4) is 0 Å². The maximum atomic E-state index is 11.2. The average Bonchev–Trinajstić information content (AvgIpc) is 2.46. The summed E-state index contributed by atoms with van der Waals surface area (Å²) in [6.45, 7) is 2.68. The van der Waals surface area contributed by atoms with E-state index in [9.17, 15) is 14.9 Å². The van der Waals surface area contributed by atoms with Crippen LogP contribution in [-0.2, 0) is 0 Å². The van der Waals surface area contributed by atoms with Gasteiger partial charge in [0.2, 0.25) is 0 Å². The van der Waals surface area contributed by atoms with Gasteiger partial charge in [-0.2, -0.15) is 0 Å². The summed E-state index contributed by atoms with van der Waals surface area (Å²) in [5.74, 6) is -0.627. The van der Waals surface area contributed by atoms with E-state index in [-0.39, 0.29) is 11.3 Å². The quantitative estimate of drug-likeness (QED) is 0.637. The van der Waals surface area contributed by atoms with Gasteiger partial charge >= 0.3 is 5.97 Å². The summed E-state index contributed by atoms with van der Waals surface area (Å²) in [4.78, 5) is 23.7. The van der Waals surface area contributed by atoms with E-state index in [1.54, 1.807) is 0 Å². The molecule has 2 N–H and O–H groups in total. The van der Waals surface area contributed by atoms with E-state index < -0.39 is 10.9 Å². The number of non-ortho nitro benzene ring substituents is 1. The average molecular weight is 293 g/mol. The van der Waals surface area contributed by atoms with Gasteiger partial charge in [0, 0.05) is 18.7 Å². The normalized spacial score (nSPS) is 16.6. The van der Waals surface area contributed by atoms with Crippen LogP contribution in [0.1, 0.15) is 23.2 Å². The summed E-state index contributed by atoms with van der Waals surface area (Å²) in [5.41, 5.74) is 0.273. The number of piperidine rings is 1. The Labute approximate surface area is 122 Å². The molecule has 0 spiro atoms. The fourth-order valence-corrected chi connectivity index (χ4v) is 2.50. The lowest BCUT2D eigenvalue weighted by Crippen LogP contribution is -2.33. The van der Waals surface area contributed by atoms with Gasteiger partial charge in [0.05, 0.1) is 16.2 Å². The van der Waals surface area contributed by atoms with Crippen LogP contribution in [0.5, 0.6) is 0 Å². The molecule has 0 bridgehead atoms. The van der Waals surface area contributed by atoms with Crippen molar-refractivity contribution in [1.82, 2.24) is 4.90 Å². The van der Waals surface area contributed by atoms with Gasteiger partial charge in [0.1, 0.15) is 0 Å². The number of likely N-dealkylation sites (tertiary alicyclic amines) is 1. The van der Waals surface area contributed by atoms with Crippen molar-refractivity contribution in [3.05, 3.63) is 33.9 Å². The van der Waals surface area contributed by atoms with Gasteiger partial charge in [-0.1, -0.05) is 0 Å². The zero-order valence-electron chi connectivity index (χ0n) is 11.9. The van der Waals surface area contributed by atoms with Crippen molar-refractivity contribution in [3.8, 4) is 0 Å². The Balaban J connectivity index is 2.08. The highest BCUT2D eigenvalue weighted by Gasteiger charge is 2.19. The van der Waals surface area contributed by atoms with E-state index in [0.29, 0.717) is 18.2 Å². The number of anilines is 1. The Morgan fingerprint density at radius 1 is 1.48 bits per heavy atom. The number of nitrogens with one attached hydrogen (secondary N) is 1. The monoisotopic (exact) mass is 293 g/mol. The molecule has 0 aromatic heterocycles. The Morgan fingerprint density at radius 3 is 2.71 bits per heavy atom. The van der Waals surface area contributed by atoms with E-state index in [2.05, 4.69) is 17.3 Å². The van der Waals surface area contributed by atoms with Crippen LogP contribution >= 0.6 is 0 Å². The van der Waals surface area contributed by atoms with E-state index in [1.807, 2.05) is 0 Å². The van der Waals surface area contributed by atoms with Gasteiger partial charge < -0.3 is 15.3 Å². The molecule has 0 atom stereocenters. The van der Waals surface area contributed by atoms with Gasteiger partial charge in [-0.05, 0) is 45.0 Å². The van der Waals surface area contributed by atoms with Gasteiger partial charge in [-0.25, -0.2) is 4.79 Å². The molecule has 7 heteroatoms. The number of nitrogens with zero attached hydrogens (tertiary/aromatic N) is 2. The Morgan fingerprint density at radius 2 is 2.14 bits per heavy atom. The fourth-order valence-electron chi connectivity index (χ4n) is 2.50. The third kappa shape index (κ3) is 3.91. The molecule has 1 saturated heterocycles. The summed E-state index contributed by atoms with van der Waals surface area (Å²) in [6.07, 6.45) is 2.08. The zero-order valence-corrected chi connectivity index (χ0v) is 11.9. The number of carboxylic acids is 1. The minimum atomic E-state index is -1.09. The van der Waals surface area contributed by atoms with Gasteiger partial charge in [-0.15, -0.1) is 0 Å². The molecule has 0 amide bonds. The maximum absolute atomic E-state index is 11.2. The van der Waals surface area contributed by atoms with Crippen LogP contribution in [0, 0.1) is 16.0 Å². The van der Waals surface area contributed by atoms with Crippen molar-refractivity contribution < 1.29 is 14.8 Å². The smallest absolute Gasteiger partial charge is 0.337 e. The summed E-state index contributed by atoms with van der Waals surface area (Å²) < 4.78 is 0. The standard InChI is InChI=1S/C14H19N3O4/c1-16-6-4-10(5-7-16)9-15-13-8-11(17(20)21)2-3-12(13)14(18)19/h2-3,8,10,15H,4-7,9H2,1H3,(H,18,19). The van der Waals surface area contributed by atoms with E-state index in [4.69, 9.17) is 5.11 Å². The van der Waals surface area contributed by atoms with Gasteiger partial charge in [-0.3, -0.25) is 10.1 Å². The van der Waals surface area contributed by atoms with Crippen LogP contribution in [0.2, 0.25) is 0 Å². The highest BCUT2D eigenvalue weighted by molar-refractivity contribution is 5.94. The molecule has 0 aliphatic carbocycles. The first-order valence-corrected chi connectivity index (χ1v) is 6.91. The number of benzene rings is 1. The second-order valence-corrected chi connectivity index (χ2v) is 5.42. The third-order valence-corrected chi connectivity index (χ3v) is 3.86. The van der Waals surface area contributed by atoms with E-state index in [1.165, 1.54) is 18.2 Å². The molecular formula is C14H19N3O4. The number of aromatic carboxylic acids is 1. The van der Waals surface area contributed by atoms with E-state index >= 15 is 0 Å². The Hall–Kier alpha value is -2.15. The summed E-state index contributed by atoms with van der Waals surface area (Å²) in [5, 5.41) is 23.0. The number of nitro benzene ring substituents is 1. The molecule has 1 aromatic rings. The van der Waals surface area contributed by atoms with Crippen LogP contribution in [-0.4, -0.2) is 47.6 Å². The number of hydrogen-bond donors (Lipinski definition) is 2. The molecule has 1 aromatic carbocycles. The number of carbonyl (C=O) groups is 1. The van der Waals surface area contributed by atoms with Crippen molar-refractivity contribution in [2.45, 2.75) is 12.8 Å². The molecule has 1 fully saturated rings. The second-order valence-electron chi connectivity index (χ2n) is 5.42. The molecule has 0 radical (unpaired) electrons. The predicted octanol–water partition coefficient (Wildman–Crippen LogP) is 2.05. The lowest BCUT2D eigenvalue weighted by atomic mass is 9.97. The molecule has 0 unspecified atom stereocenters. The SMILES string of the molecule is CN1CCC(CNc2cc([N+](=O)[O-])ccc2C(=O)O)CC1. The van der Waals surface area contributed by atoms with Crippen LogP contribution in [0.25, 0.3) is 0 Å². The molecular weight excluding hydrogens is 274 g/mol. The molecule has 21 heavy (non-hydrogen) atoms. The van der Waals surface area contributed by atoms with Crippen LogP contribution < -0.4 is 5.32 Å². The number of nitro groups is 1. The summed E-state index contributed by atoms with van der Waals surface area (Å²) >= 11 is 0. The van der Waals surface area contributed by atoms with Crippen molar-refractivity contribution in [3.63, 3.8) is 0 Å². The van der Waals surface area contributed by atoms with E-state index in [0.717, 1.165) is 25.9 Å². The van der Waals surface area contributed by atoms with Crippen molar-refractivity contribution in [2.75, 3.05) is 32.0 Å². The van der Waals surface area contributed by atoms with Gasteiger partial charge in [0.25, 0.3) is 5.69 Å². The molecule has 1 aliphatic heterocycles. The Kier molecular flexibility index (Phi) is 4.74. The Bertz CT molecular complexity index is 539. The highest BCUT2D eigenvalue weighted by atomic mass is 16.6. The lowest BCUT2D eigenvalue weighted by Gasteiger charge is -2.29. The van der Waals surface area contributed by atoms with Crippen molar-refractivity contribution in [1.29, 1.82) is 0 Å². The molecule has 1 heterocycles. The molecule has 7 nitrogen and oxygen atoms in total. The lowest BCUT2D eigenvalue weighted by molar-refractivity contribution is -0.384. The maximum Gasteiger partial charge on any atom is 0.337 e. The topological polar surface area (TPSA) is 95.7 Å². The minimum Gasteiger partial charge on any atom is -0.478 e. The second kappa shape index (κ2) is 6.53. The minimum absolute atomic E-state index is 0.0635. The summed E-state index contributed by atoms with van der Waals surface area (Å²) in [6, 6.07) is 3.78. The number of rotatable bonds is 5. The summed E-state index contributed by atoms with van der Waals surface area (Å²) in [7, 11) is 2.08. The number of hydrogen-bond acceptors (Lipinski definition) is 5. The molecule has 0 saturated carbocycles. The van der Waals surface area contributed by atoms with Crippen molar-refractivity contribution in [2.24, 2.45) is 5.92 Å². The van der Waals surface area contributed by atoms with Crippen LogP contribution in [0.15, 0.2) is 18.2 Å². The molecule has 1 aliphatic rings. The first kappa shape index (κ1) is 15.2. The van der Waals surface area contributed by atoms with Gasteiger partial charge in [0.15, 0.2) is 0 Å². The third-order valence-electron chi connectivity index (χ3n) is 3.86. The fraction of sp³-hybridized carbons (Fsp3) is 0.500. The zero-order chi connectivity index (χ0) is 15.4. The highest BCUT2D eigenvalue weighted by Crippen LogP contribution is 2.24. The molecule has 114 valence electrons. The van der Waals surface area contributed by atoms with Crippen molar-refractivity contribution >= 4 is 17.3 Å². The first-order valence-electron chi connectivity index (χ1n) is 6.91. The predicted molar refractivity (Wildman–Crippen MR) is 78.8 cm³/mol. The molecule has 2 rings (SSSR count). The number of carboxylic acid groups (broad SMARTS) is 1. The largest absolute Gasteiger partial charge is 0.478 e.